The summed E-state index contributed by atoms with van der Waals surface area (Å²) in [5, 5.41) is 1.24. The van der Waals surface area contributed by atoms with Crippen molar-refractivity contribution in [2.24, 2.45) is 0 Å². The van der Waals surface area contributed by atoms with Crippen LogP contribution in [0.4, 0.5) is 4.39 Å². The van der Waals surface area contributed by atoms with Crippen LogP contribution >= 0.6 is 0 Å². The molecule has 0 bridgehead atoms. The molecule has 0 radical (unpaired) electrons. The van der Waals surface area contributed by atoms with E-state index in [0.717, 1.165) is 42.5 Å². The largest absolute Gasteiger partial charge is 0.356 e. The highest BCUT2D eigenvalue weighted by atomic mass is 19.1. The van der Waals surface area contributed by atoms with Crippen LogP contribution in [0, 0.1) is 5.82 Å². The van der Waals surface area contributed by atoms with Crippen LogP contribution in [0.25, 0.3) is 10.9 Å². The summed E-state index contributed by atoms with van der Waals surface area (Å²) in [6, 6.07) is 24.8. The summed E-state index contributed by atoms with van der Waals surface area (Å²) in [4.78, 5) is 21.6. The standard InChI is InChI=1S/C31H34FN3O/c1-4-31(34(2)3,23-13-10-14-24(32)21-23)19-17-28-29-26(25-15-8-9-16-27(25)33-29)18-20-35(28)30(36)22-11-6-5-7-12-22/h5-16,21,28,33H,4,17-20H2,1-3H3. The molecule has 36 heavy (non-hydrogen) atoms. The summed E-state index contributed by atoms with van der Waals surface area (Å²) >= 11 is 0. The van der Waals surface area contributed by atoms with Crippen LogP contribution in [-0.4, -0.2) is 41.3 Å². The lowest BCUT2D eigenvalue weighted by Gasteiger charge is -2.43. The number of benzene rings is 3. The van der Waals surface area contributed by atoms with E-state index in [1.165, 1.54) is 17.0 Å². The first-order valence-corrected chi connectivity index (χ1v) is 12.8. The molecule has 0 spiro atoms. The fraction of sp³-hybridized carbons (Fsp3) is 0.323. The Kier molecular flexibility index (Phi) is 6.67. The molecule has 5 heteroatoms. The molecular weight excluding hydrogens is 449 g/mol. The first kappa shape index (κ1) is 24.3. The van der Waals surface area contributed by atoms with Gasteiger partial charge in [0.2, 0.25) is 0 Å². The Bertz CT molecular complexity index is 1360. The average molecular weight is 484 g/mol. The molecule has 1 aliphatic rings. The Morgan fingerprint density at radius 1 is 1.06 bits per heavy atom. The number of fused-ring (bicyclic) bond motifs is 3. The Labute approximate surface area is 212 Å². The van der Waals surface area contributed by atoms with Gasteiger partial charge in [-0.25, -0.2) is 4.39 Å². The molecule has 0 saturated carbocycles. The molecule has 1 aliphatic heterocycles. The van der Waals surface area contributed by atoms with Crippen molar-refractivity contribution in [1.82, 2.24) is 14.8 Å². The van der Waals surface area contributed by atoms with Crippen molar-refractivity contribution in [2.45, 2.75) is 44.2 Å². The molecule has 3 aromatic carbocycles. The van der Waals surface area contributed by atoms with E-state index in [2.05, 4.69) is 49.1 Å². The van der Waals surface area contributed by atoms with Crippen molar-refractivity contribution in [3.05, 3.63) is 107 Å². The van der Waals surface area contributed by atoms with E-state index in [0.29, 0.717) is 12.1 Å². The van der Waals surface area contributed by atoms with Crippen molar-refractivity contribution in [3.8, 4) is 0 Å². The van der Waals surface area contributed by atoms with E-state index in [-0.39, 0.29) is 23.3 Å². The Hall–Kier alpha value is -3.44. The summed E-state index contributed by atoms with van der Waals surface area (Å²) in [7, 11) is 4.13. The van der Waals surface area contributed by atoms with E-state index in [9.17, 15) is 9.18 Å². The predicted octanol–water partition coefficient (Wildman–Crippen LogP) is 6.69. The van der Waals surface area contributed by atoms with Gasteiger partial charge in [-0.15, -0.1) is 0 Å². The number of aromatic nitrogens is 1. The van der Waals surface area contributed by atoms with Crippen molar-refractivity contribution in [1.29, 1.82) is 0 Å². The Morgan fingerprint density at radius 2 is 1.81 bits per heavy atom. The number of amides is 1. The highest BCUT2D eigenvalue weighted by Gasteiger charge is 2.38. The second-order valence-electron chi connectivity index (χ2n) is 10.0. The lowest BCUT2D eigenvalue weighted by atomic mass is 9.79. The number of nitrogens with one attached hydrogen (secondary N) is 1. The summed E-state index contributed by atoms with van der Waals surface area (Å²) in [6.45, 7) is 2.83. The van der Waals surface area contributed by atoms with Gasteiger partial charge in [0.15, 0.2) is 0 Å². The number of carbonyl (C=O) groups excluding carboxylic acids is 1. The van der Waals surface area contributed by atoms with Gasteiger partial charge in [-0.1, -0.05) is 55.5 Å². The van der Waals surface area contributed by atoms with Gasteiger partial charge < -0.3 is 9.88 Å². The number of aromatic amines is 1. The minimum atomic E-state index is -0.340. The predicted molar refractivity (Wildman–Crippen MR) is 144 cm³/mol. The average Bonchev–Trinajstić information content (AvgIpc) is 3.28. The molecule has 2 unspecified atom stereocenters. The molecule has 0 saturated heterocycles. The third-order valence-electron chi connectivity index (χ3n) is 8.07. The molecule has 1 aromatic heterocycles. The number of nitrogens with zero attached hydrogens (tertiary/aromatic N) is 2. The SMILES string of the molecule is CCC(CCC1c2[nH]c3ccccc3c2CCN1C(=O)c1ccccc1)(c1cccc(F)c1)N(C)C. The van der Waals surface area contributed by atoms with Gasteiger partial charge in [-0.3, -0.25) is 9.69 Å². The van der Waals surface area contributed by atoms with Gasteiger partial charge >= 0.3 is 0 Å². The number of carbonyl (C=O) groups is 1. The van der Waals surface area contributed by atoms with Gasteiger partial charge in [0.1, 0.15) is 5.82 Å². The fourth-order valence-electron chi connectivity index (χ4n) is 6.09. The molecule has 5 rings (SSSR count). The van der Waals surface area contributed by atoms with Crippen molar-refractivity contribution in [3.63, 3.8) is 0 Å². The zero-order valence-corrected chi connectivity index (χ0v) is 21.3. The molecule has 186 valence electrons. The number of hydrogen-bond acceptors (Lipinski definition) is 2. The maximum absolute atomic E-state index is 14.3. The molecule has 2 atom stereocenters. The Balaban J connectivity index is 1.56. The maximum atomic E-state index is 14.3. The number of rotatable bonds is 7. The van der Waals surface area contributed by atoms with Crippen LogP contribution in [0.5, 0.6) is 0 Å². The molecule has 0 aliphatic carbocycles. The summed E-state index contributed by atoms with van der Waals surface area (Å²) in [6.07, 6.45) is 3.21. The molecule has 0 fully saturated rings. The van der Waals surface area contributed by atoms with Gasteiger partial charge in [-0.2, -0.15) is 0 Å². The maximum Gasteiger partial charge on any atom is 0.254 e. The first-order valence-electron chi connectivity index (χ1n) is 12.8. The highest BCUT2D eigenvalue weighted by Crippen LogP contribution is 2.42. The zero-order valence-electron chi connectivity index (χ0n) is 21.3. The van der Waals surface area contributed by atoms with Crippen molar-refractivity contribution < 1.29 is 9.18 Å². The van der Waals surface area contributed by atoms with Crippen molar-refractivity contribution >= 4 is 16.8 Å². The Morgan fingerprint density at radius 3 is 2.53 bits per heavy atom. The topological polar surface area (TPSA) is 39.3 Å². The summed E-state index contributed by atoms with van der Waals surface area (Å²) in [5.74, 6) is -0.161. The van der Waals surface area contributed by atoms with Gasteiger partial charge in [0, 0.05) is 34.2 Å². The van der Waals surface area contributed by atoms with Crippen LogP contribution in [-0.2, 0) is 12.0 Å². The highest BCUT2D eigenvalue weighted by molar-refractivity contribution is 5.95. The van der Waals surface area contributed by atoms with E-state index >= 15 is 0 Å². The third-order valence-corrected chi connectivity index (χ3v) is 8.07. The fourth-order valence-corrected chi connectivity index (χ4v) is 6.09. The molecule has 2 heterocycles. The van der Waals surface area contributed by atoms with E-state index in [1.54, 1.807) is 12.1 Å². The molecular formula is C31H34FN3O. The molecule has 4 nitrogen and oxygen atoms in total. The second-order valence-corrected chi connectivity index (χ2v) is 10.0. The monoisotopic (exact) mass is 483 g/mol. The number of H-pyrrole nitrogens is 1. The molecule has 1 amide bonds. The van der Waals surface area contributed by atoms with Gasteiger partial charge in [-0.05, 0) is 81.2 Å². The first-order chi connectivity index (χ1) is 17.4. The number of hydrogen-bond donors (Lipinski definition) is 1. The van der Waals surface area contributed by atoms with Crippen LogP contribution in [0.1, 0.15) is 59.4 Å². The minimum absolute atomic E-state index is 0.0580. The third kappa shape index (κ3) is 4.22. The zero-order chi connectivity index (χ0) is 25.3. The second kappa shape index (κ2) is 9.90. The van der Waals surface area contributed by atoms with E-state index < -0.39 is 0 Å². The molecule has 1 N–H and O–H groups in total. The van der Waals surface area contributed by atoms with Crippen LogP contribution in [0.2, 0.25) is 0 Å². The quantitative estimate of drug-likeness (QED) is 0.318. The van der Waals surface area contributed by atoms with Gasteiger partial charge in [0.05, 0.1) is 6.04 Å². The van der Waals surface area contributed by atoms with Crippen LogP contribution in [0.15, 0.2) is 78.9 Å². The summed E-state index contributed by atoms with van der Waals surface area (Å²) < 4.78 is 14.3. The number of para-hydroxylation sites is 1. The van der Waals surface area contributed by atoms with E-state index in [1.807, 2.05) is 47.4 Å². The normalized spacial score (nSPS) is 17.2. The lowest BCUT2D eigenvalue weighted by Crippen LogP contribution is -2.44. The van der Waals surface area contributed by atoms with Gasteiger partial charge in [0.25, 0.3) is 5.91 Å². The van der Waals surface area contributed by atoms with Crippen molar-refractivity contribution in [2.75, 3.05) is 20.6 Å². The van der Waals surface area contributed by atoms with Crippen LogP contribution < -0.4 is 0 Å². The van der Waals surface area contributed by atoms with Crippen LogP contribution in [0.3, 0.4) is 0 Å². The smallest absolute Gasteiger partial charge is 0.254 e. The lowest BCUT2D eigenvalue weighted by molar-refractivity contribution is 0.0592. The summed E-state index contributed by atoms with van der Waals surface area (Å²) in [5.41, 5.74) is 4.90. The molecule has 4 aromatic rings. The number of halogens is 1. The van der Waals surface area contributed by atoms with E-state index in [4.69, 9.17) is 0 Å². The minimum Gasteiger partial charge on any atom is -0.356 e.